The summed E-state index contributed by atoms with van der Waals surface area (Å²) in [6, 6.07) is 2.96. The monoisotopic (exact) mass is 259 g/mol. The highest BCUT2D eigenvalue weighted by atomic mass is 15.3. The summed E-state index contributed by atoms with van der Waals surface area (Å²) < 4.78 is 0. The van der Waals surface area contributed by atoms with Crippen LogP contribution in [0.2, 0.25) is 0 Å². The Hall–Kier alpha value is -0.930. The number of piperazine rings is 1. The zero-order valence-corrected chi connectivity index (χ0v) is 12.3. The molecule has 3 nitrogen and oxygen atoms in total. The minimum atomic E-state index is 0.231. The molecule has 104 valence electrons. The average Bonchev–Trinajstić information content (AvgIpc) is 3.16. The Morgan fingerprint density at radius 3 is 2.84 bits per heavy atom. The predicted molar refractivity (Wildman–Crippen MR) is 78.0 cm³/mol. The van der Waals surface area contributed by atoms with E-state index in [2.05, 4.69) is 42.0 Å². The number of hydrogen-bond acceptors (Lipinski definition) is 3. The zero-order chi connectivity index (χ0) is 13.5. The molecule has 0 aromatic carbocycles. The lowest BCUT2D eigenvalue weighted by molar-refractivity contribution is 0.0533. The van der Waals surface area contributed by atoms with Crippen molar-refractivity contribution in [3.8, 4) is 0 Å². The normalized spacial score (nSPS) is 27.4. The molecule has 0 spiro atoms. The molecular weight excluding hydrogens is 234 g/mol. The Kier molecular flexibility index (Phi) is 3.35. The lowest BCUT2D eigenvalue weighted by atomic mass is 9.95. The van der Waals surface area contributed by atoms with Crippen LogP contribution in [0.5, 0.6) is 0 Å². The second-order valence-electron chi connectivity index (χ2n) is 6.89. The summed E-state index contributed by atoms with van der Waals surface area (Å²) in [6.45, 7) is 10.1. The van der Waals surface area contributed by atoms with Gasteiger partial charge in [-0.2, -0.15) is 0 Å². The summed E-state index contributed by atoms with van der Waals surface area (Å²) in [4.78, 5) is 6.95. The van der Waals surface area contributed by atoms with Crippen molar-refractivity contribution in [3.05, 3.63) is 29.6 Å². The molecule has 3 heteroatoms. The van der Waals surface area contributed by atoms with Gasteiger partial charge in [0.25, 0.3) is 0 Å². The molecule has 2 fully saturated rings. The maximum Gasteiger partial charge on any atom is 0.0313 e. The molecule has 0 amide bonds. The van der Waals surface area contributed by atoms with E-state index in [1.165, 1.54) is 30.5 Å². The number of aromatic nitrogens is 1. The molecule has 1 aliphatic heterocycles. The maximum atomic E-state index is 4.32. The van der Waals surface area contributed by atoms with Gasteiger partial charge in [-0.25, -0.2) is 0 Å². The van der Waals surface area contributed by atoms with E-state index >= 15 is 0 Å². The fraction of sp³-hybridized carbons (Fsp3) is 0.688. The molecule has 2 heterocycles. The van der Waals surface area contributed by atoms with Crippen LogP contribution in [-0.4, -0.2) is 34.6 Å². The minimum Gasteiger partial charge on any atom is -0.311 e. The van der Waals surface area contributed by atoms with Crippen LogP contribution in [-0.2, 0) is 6.54 Å². The molecule has 3 rings (SSSR count). The van der Waals surface area contributed by atoms with Crippen molar-refractivity contribution in [3.63, 3.8) is 0 Å². The maximum absolute atomic E-state index is 4.32. The van der Waals surface area contributed by atoms with Gasteiger partial charge in [0.1, 0.15) is 0 Å². The fourth-order valence-electron chi connectivity index (χ4n) is 3.06. The molecule has 1 aromatic rings. The van der Waals surface area contributed by atoms with Crippen LogP contribution >= 0.6 is 0 Å². The van der Waals surface area contributed by atoms with Gasteiger partial charge in [-0.1, -0.05) is 6.07 Å². The van der Waals surface area contributed by atoms with E-state index < -0.39 is 0 Å². The molecule has 1 atom stereocenters. The lowest BCUT2D eigenvalue weighted by Crippen LogP contribution is -2.62. The first-order chi connectivity index (χ1) is 9.04. The molecule has 2 aliphatic rings. The third kappa shape index (κ3) is 2.98. The van der Waals surface area contributed by atoms with Crippen molar-refractivity contribution in [1.82, 2.24) is 15.2 Å². The van der Waals surface area contributed by atoms with Crippen molar-refractivity contribution in [2.75, 3.05) is 13.1 Å². The smallest absolute Gasteiger partial charge is 0.0313 e. The topological polar surface area (TPSA) is 28.2 Å². The largest absolute Gasteiger partial charge is 0.311 e. The van der Waals surface area contributed by atoms with Gasteiger partial charge >= 0.3 is 0 Å². The second-order valence-corrected chi connectivity index (χ2v) is 6.89. The molecule has 1 N–H and O–H groups in total. The summed E-state index contributed by atoms with van der Waals surface area (Å²) in [6.07, 6.45) is 6.77. The van der Waals surface area contributed by atoms with Gasteiger partial charge in [0, 0.05) is 43.6 Å². The van der Waals surface area contributed by atoms with E-state index in [4.69, 9.17) is 0 Å². The van der Waals surface area contributed by atoms with Gasteiger partial charge in [0.15, 0.2) is 0 Å². The molecule has 1 saturated carbocycles. The Bertz CT molecular complexity index is 451. The van der Waals surface area contributed by atoms with Gasteiger partial charge in [0.05, 0.1) is 0 Å². The highest BCUT2D eigenvalue weighted by Crippen LogP contribution is 2.36. The molecule has 1 aromatic heterocycles. The lowest BCUT2D eigenvalue weighted by Gasteiger charge is -2.46. The first-order valence-corrected chi connectivity index (χ1v) is 7.43. The zero-order valence-electron chi connectivity index (χ0n) is 12.3. The molecule has 19 heavy (non-hydrogen) atoms. The molecule has 0 radical (unpaired) electrons. The minimum absolute atomic E-state index is 0.231. The third-order valence-electron chi connectivity index (χ3n) is 4.57. The van der Waals surface area contributed by atoms with E-state index in [-0.39, 0.29) is 5.54 Å². The Balaban J connectivity index is 1.72. The third-order valence-corrected chi connectivity index (χ3v) is 4.57. The molecule has 1 aliphatic carbocycles. The number of hydrogen-bond donors (Lipinski definition) is 1. The predicted octanol–water partition coefficient (Wildman–Crippen LogP) is 2.35. The van der Waals surface area contributed by atoms with E-state index in [9.17, 15) is 0 Å². The van der Waals surface area contributed by atoms with Gasteiger partial charge < -0.3 is 5.32 Å². The highest BCUT2D eigenvalue weighted by Gasteiger charge is 2.40. The molecule has 1 saturated heterocycles. The number of pyridine rings is 1. The Morgan fingerprint density at radius 1 is 1.37 bits per heavy atom. The van der Waals surface area contributed by atoms with Gasteiger partial charge in [-0.05, 0) is 50.7 Å². The van der Waals surface area contributed by atoms with Crippen LogP contribution in [0.25, 0.3) is 0 Å². The van der Waals surface area contributed by atoms with Crippen LogP contribution in [0, 0.1) is 12.8 Å². The van der Waals surface area contributed by atoms with Crippen molar-refractivity contribution < 1.29 is 0 Å². The summed E-state index contributed by atoms with van der Waals surface area (Å²) in [5.74, 6) is 0.925. The van der Waals surface area contributed by atoms with Crippen LogP contribution in [0.4, 0.5) is 0 Å². The SMILES string of the molecule is Cc1cncc(CN2CC(C3CC3)NCC2(C)C)c1. The first-order valence-electron chi connectivity index (χ1n) is 7.43. The molecule has 1 unspecified atom stereocenters. The highest BCUT2D eigenvalue weighted by molar-refractivity contribution is 5.17. The van der Waals surface area contributed by atoms with Crippen molar-refractivity contribution in [2.45, 2.75) is 51.7 Å². The van der Waals surface area contributed by atoms with E-state index in [1.54, 1.807) is 0 Å². The van der Waals surface area contributed by atoms with Crippen LogP contribution < -0.4 is 5.32 Å². The summed E-state index contributed by atoms with van der Waals surface area (Å²) in [5, 5.41) is 3.74. The van der Waals surface area contributed by atoms with E-state index in [1.807, 2.05) is 12.4 Å². The van der Waals surface area contributed by atoms with Crippen molar-refractivity contribution in [2.24, 2.45) is 5.92 Å². The average molecular weight is 259 g/mol. The Morgan fingerprint density at radius 2 is 2.16 bits per heavy atom. The van der Waals surface area contributed by atoms with Crippen molar-refractivity contribution in [1.29, 1.82) is 0 Å². The van der Waals surface area contributed by atoms with Gasteiger partial charge in [-0.15, -0.1) is 0 Å². The van der Waals surface area contributed by atoms with Crippen molar-refractivity contribution >= 4 is 0 Å². The molecular formula is C16H25N3. The van der Waals surface area contributed by atoms with E-state index in [0.29, 0.717) is 6.04 Å². The second kappa shape index (κ2) is 4.88. The van der Waals surface area contributed by atoms with Crippen LogP contribution in [0.1, 0.15) is 37.8 Å². The number of nitrogens with zero attached hydrogens (tertiary/aromatic N) is 2. The van der Waals surface area contributed by atoms with E-state index in [0.717, 1.165) is 19.0 Å². The quantitative estimate of drug-likeness (QED) is 0.903. The van der Waals surface area contributed by atoms with Gasteiger partial charge in [-0.3, -0.25) is 9.88 Å². The summed E-state index contributed by atoms with van der Waals surface area (Å²) in [7, 11) is 0. The van der Waals surface area contributed by atoms with Crippen LogP contribution in [0.3, 0.4) is 0 Å². The standard InChI is InChI=1S/C16H25N3/c1-12-6-13(8-17-7-12)9-19-10-15(14-4-5-14)18-11-16(19,2)3/h6-8,14-15,18H,4-5,9-11H2,1-3H3. The number of nitrogens with one attached hydrogen (secondary N) is 1. The van der Waals surface area contributed by atoms with Crippen LogP contribution in [0.15, 0.2) is 18.5 Å². The summed E-state index contributed by atoms with van der Waals surface area (Å²) in [5.41, 5.74) is 2.82. The fourth-order valence-corrected chi connectivity index (χ4v) is 3.06. The van der Waals surface area contributed by atoms with Gasteiger partial charge in [0.2, 0.25) is 0 Å². The first kappa shape index (κ1) is 13.1. The summed E-state index contributed by atoms with van der Waals surface area (Å²) >= 11 is 0. The Labute approximate surface area is 116 Å². The number of aryl methyl sites for hydroxylation is 1. The molecule has 0 bridgehead atoms. The number of rotatable bonds is 3.